The zero-order valence-electron chi connectivity index (χ0n) is 14.5. The highest BCUT2D eigenvalue weighted by Crippen LogP contribution is 2.42. The third kappa shape index (κ3) is 3.08. The van der Waals surface area contributed by atoms with Crippen LogP contribution in [0, 0.1) is 11.8 Å². The van der Waals surface area contributed by atoms with Crippen molar-refractivity contribution >= 4 is 5.97 Å². The second-order valence-electron chi connectivity index (χ2n) is 8.08. The highest BCUT2D eigenvalue weighted by molar-refractivity contribution is 5.73. The summed E-state index contributed by atoms with van der Waals surface area (Å²) in [6.45, 7) is 5.53. The van der Waals surface area contributed by atoms with E-state index in [0.717, 1.165) is 25.8 Å². The minimum atomic E-state index is -0.714. The van der Waals surface area contributed by atoms with Gasteiger partial charge in [-0.15, -0.1) is 0 Å². The Morgan fingerprint density at radius 1 is 1.00 bits per heavy atom. The van der Waals surface area contributed by atoms with Crippen LogP contribution >= 0.6 is 0 Å². The molecule has 0 aromatic carbocycles. The van der Waals surface area contributed by atoms with Gasteiger partial charge >= 0.3 is 5.97 Å². The number of ether oxygens (including phenoxy) is 2. The molecule has 0 spiro atoms. The lowest BCUT2D eigenvalue weighted by molar-refractivity contribution is -0.152. The number of carboxylic acids is 1. The third-order valence-corrected chi connectivity index (χ3v) is 6.30. The van der Waals surface area contributed by atoms with Gasteiger partial charge < -0.3 is 14.6 Å². The molecule has 1 aliphatic carbocycles. The maximum atomic E-state index is 11.9. The lowest BCUT2D eigenvalue weighted by Crippen LogP contribution is -2.69. The summed E-state index contributed by atoms with van der Waals surface area (Å²) in [6.07, 6.45) is 3.97. The predicted molar refractivity (Wildman–Crippen MR) is 87.2 cm³/mol. The Balaban J connectivity index is 1.51. The molecule has 4 rings (SSSR count). The molecule has 24 heavy (non-hydrogen) atoms. The van der Waals surface area contributed by atoms with Crippen LogP contribution in [-0.4, -0.2) is 65.9 Å². The summed E-state index contributed by atoms with van der Waals surface area (Å²) >= 11 is 0. The Kier molecular flexibility index (Phi) is 4.55. The quantitative estimate of drug-likeness (QED) is 0.678. The van der Waals surface area contributed by atoms with Gasteiger partial charge in [0.05, 0.1) is 12.2 Å². The number of piperidine rings is 1. The van der Waals surface area contributed by atoms with Crippen molar-refractivity contribution in [3.8, 4) is 0 Å². The first-order chi connectivity index (χ1) is 11.5. The number of likely N-dealkylation sites (tertiary alicyclic amines) is 1. The lowest BCUT2D eigenvalue weighted by Gasteiger charge is -2.51. The van der Waals surface area contributed by atoms with Crippen LogP contribution < -0.4 is 10.6 Å². The molecule has 3 N–H and O–H groups in total. The van der Waals surface area contributed by atoms with Gasteiger partial charge in [0.2, 0.25) is 0 Å². The number of carboxylic acid groups (broad SMARTS) is 1. The zero-order chi connectivity index (χ0) is 16.8. The Morgan fingerprint density at radius 2 is 1.62 bits per heavy atom. The predicted octanol–water partition coefficient (Wildman–Crippen LogP) is 0.557. The Hall–Kier alpha value is -0.730. The summed E-state index contributed by atoms with van der Waals surface area (Å²) in [5.41, 5.74) is 0. The largest absolute Gasteiger partial charge is 0.480 e. The molecule has 4 aliphatic rings. The lowest BCUT2D eigenvalue weighted by atomic mass is 9.71. The van der Waals surface area contributed by atoms with Crippen molar-refractivity contribution in [2.75, 3.05) is 13.3 Å². The third-order valence-electron chi connectivity index (χ3n) is 6.30. The van der Waals surface area contributed by atoms with Crippen molar-refractivity contribution in [2.45, 2.75) is 76.2 Å². The fourth-order valence-corrected chi connectivity index (χ4v) is 5.16. The van der Waals surface area contributed by atoms with E-state index < -0.39 is 12.0 Å². The maximum absolute atomic E-state index is 11.9. The molecular formula is C17H29N3O4. The van der Waals surface area contributed by atoms with Crippen molar-refractivity contribution in [1.29, 1.82) is 0 Å². The van der Waals surface area contributed by atoms with E-state index >= 15 is 0 Å². The molecule has 136 valence electrons. The van der Waals surface area contributed by atoms with Gasteiger partial charge in [-0.1, -0.05) is 0 Å². The van der Waals surface area contributed by atoms with Crippen molar-refractivity contribution in [1.82, 2.24) is 15.5 Å². The number of fused-ring (bicyclic) bond motifs is 2. The van der Waals surface area contributed by atoms with Gasteiger partial charge in [0, 0.05) is 18.6 Å². The fraction of sp³-hybridized carbons (Fsp3) is 0.941. The van der Waals surface area contributed by atoms with Crippen molar-refractivity contribution < 1.29 is 19.4 Å². The van der Waals surface area contributed by atoms with Crippen LogP contribution in [0.4, 0.5) is 0 Å². The summed E-state index contributed by atoms with van der Waals surface area (Å²) in [4.78, 5) is 14.1. The van der Waals surface area contributed by atoms with Crippen molar-refractivity contribution in [2.24, 2.45) is 11.8 Å². The maximum Gasteiger partial charge on any atom is 0.321 e. The van der Waals surface area contributed by atoms with Gasteiger partial charge in [-0.05, 0) is 51.4 Å². The van der Waals surface area contributed by atoms with E-state index in [1.807, 2.05) is 0 Å². The smallest absolute Gasteiger partial charge is 0.321 e. The van der Waals surface area contributed by atoms with Gasteiger partial charge in [0.15, 0.2) is 0 Å². The molecule has 3 heterocycles. The van der Waals surface area contributed by atoms with E-state index in [1.54, 1.807) is 0 Å². The molecule has 0 radical (unpaired) electrons. The summed E-state index contributed by atoms with van der Waals surface area (Å²) in [7, 11) is 0. The molecule has 1 saturated carbocycles. The van der Waals surface area contributed by atoms with Crippen LogP contribution in [0.5, 0.6) is 0 Å². The molecule has 7 heteroatoms. The Bertz CT molecular complexity index is 480. The zero-order valence-corrected chi connectivity index (χ0v) is 14.5. The molecule has 3 saturated heterocycles. The number of rotatable bonds is 2. The van der Waals surface area contributed by atoms with E-state index in [1.165, 1.54) is 0 Å². The van der Waals surface area contributed by atoms with Crippen molar-refractivity contribution in [3.63, 3.8) is 0 Å². The minimum absolute atomic E-state index is 0.0655. The molecule has 4 fully saturated rings. The number of aliphatic carboxylic acids is 1. The molecule has 0 aromatic heterocycles. The second-order valence-corrected chi connectivity index (χ2v) is 8.08. The number of carbonyl (C=O) groups is 1. The normalized spacial score (nSPS) is 49.4. The number of hydrogen-bond donors (Lipinski definition) is 3. The molecule has 7 nitrogen and oxygen atoms in total. The van der Waals surface area contributed by atoms with E-state index in [-0.39, 0.29) is 18.5 Å². The van der Waals surface area contributed by atoms with Gasteiger partial charge in [0.25, 0.3) is 0 Å². The summed E-state index contributed by atoms with van der Waals surface area (Å²) < 4.78 is 11.4. The van der Waals surface area contributed by atoms with Crippen LogP contribution in [0.15, 0.2) is 0 Å². The van der Waals surface area contributed by atoms with E-state index in [0.29, 0.717) is 37.1 Å². The van der Waals surface area contributed by atoms with Gasteiger partial charge in [-0.25, -0.2) is 0 Å². The Labute approximate surface area is 143 Å². The monoisotopic (exact) mass is 339 g/mol. The summed E-state index contributed by atoms with van der Waals surface area (Å²) in [5, 5.41) is 16.9. The standard InChI is InChI=1S/C17H29N3O4/c1-9-3-10(2)19-17(18-9)20-7-12-6-15-14(23-8-24-15)5-11(12)4-13(20)16(21)22/h9-15,17-19H,3-8H2,1-2H3,(H,21,22). The summed E-state index contributed by atoms with van der Waals surface area (Å²) in [6, 6.07) is 0.342. The average Bonchev–Trinajstić information content (AvgIpc) is 2.97. The van der Waals surface area contributed by atoms with E-state index in [9.17, 15) is 9.90 Å². The molecule has 0 bridgehead atoms. The first-order valence-electron chi connectivity index (χ1n) is 9.25. The number of nitrogens with one attached hydrogen (secondary N) is 2. The topological polar surface area (TPSA) is 83.1 Å². The SMILES string of the molecule is CC1CC(C)NC(N2CC3CC4OCOC4CC3CC2C(=O)O)N1. The van der Waals surface area contributed by atoms with Crippen molar-refractivity contribution in [3.05, 3.63) is 0 Å². The minimum Gasteiger partial charge on any atom is -0.480 e. The van der Waals surface area contributed by atoms with Gasteiger partial charge in [-0.2, -0.15) is 0 Å². The van der Waals surface area contributed by atoms with Crippen LogP contribution in [0.2, 0.25) is 0 Å². The molecule has 0 amide bonds. The molecule has 7 unspecified atom stereocenters. The highest BCUT2D eigenvalue weighted by atomic mass is 16.7. The van der Waals surface area contributed by atoms with E-state index in [4.69, 9.17) is 9.47 Å². The first-order valence-corrected chi connectivity index (χ1v) is 9.25. The molecule has 7 atom stereocenters. The molecular weight excluding hydrogens is 310 g/mol. The molecule has 3 aliphatic heterocycles. The molecule has 0 aromatic rings. The van der Waals surface area contributed by atoms with E-state index in [2.05, 4.69) is 29.4 Å². The first kappa shape index (κ1) is 16.7. The summed E-state index contributed by atoms with van der Waals surface area (Å²) in [5.74, 6) is 0.192. The number of nitrogens with zero attached hydrogens (tertiary/aromatic N) is 1. The van der Waals surface area contributed by atoms with Crippen LogP contribution in [0.3, 0.4) is 0 Å². The van der Waals surface area contributed by atoms with Crippen LogP contribution in [0.1, 0.15) is 39.5 Å². The van der Waals surface area contributed by atoms with Gasteiger partial charge in [0.1, 0.15) is 19.1 Å². The van der Waals surface area contributed by atoms with Crippen LogP contribution in [-0.2, 0) is 14.3 Å². The second kappa shape index (κ2) is 6.53. The Morgan fingerprint density at radius 3 is 2.25 bits per heavy atom. The fourth-order valence-electron chi connectivity index (χ4n) is 5.16. The van der Waals surface area contributed by atoms with Crippen LogP contribution in [0.25, 0.3) is 0 Å². The number of hydrogen-bond acceptors (Lipinski definition) is 6. The highest BCUT2D eigenvalue weighted by Gasteiger charge is 2.49. The van der Waals surface area contributed by atoms with Gasteiger partial charge in [-0.3, -0.25) is 20.3 Å². The average molecular weight is 339 g/mol.